The van der Waals surface area contributed by atoms with E-state index in [2.05, 4.69) is 6.58 Å². The Morgan fingerprint density at radius 3 is 2.77 bits per heavy atom. The minimum absolute atomic E-state index is 0.0305. The quantitative estimate of drug-likeness (QED) is 0.474. The number of ether oxygens (including phenoxy) is 3. The van der Waals surface area contributed by atoms with Crippen LogP contribution < -0.4 is 4.74 Å². The zero-order valence-corrected chi connectivity index (χ0v) is 17.2. The summed E-state index contributed by atoms with van der Waals surface area (Å²) in [7, 11) is 0. The molecule has 0 radical (unpaired) electrons. The Hall–Kier alpha value is -2.79. The smallest absolute Gasteiger partial charge is 0.338 e. The number of fused-ring (bicyclic) bond motifs is 1. The maximum absolute atomic E-state index is 12.7. The Kier molecular flexibility index (Phi) is 6.09. The van der Waals surface area contributed by atoms with Gasteiger partial charge in [-0.2, -0.15) is 0 Å². The molecule has 0 unspecified atom stereocenters. The van der Waals surface area contributed by atoms with Gasteiger partial charge in [-0.25, -0.2) is 4.79 Å². The summed E-state index contributed by atoms with van der Waals surface area (Å²) in [5.74, 6) is -0.206. The van der Waals surface area contributed by atoms with E-state index in [-0.39, 0.29) is 41.9 Å². The summed E-state index contributed by atoms with van der Waals surface area (Å²) < 4.78 is 17.3. The van der Waals surface area contributed by atoms with Crippen LogP contribution in [-0.2, 0) is 14.3 Å². The van der Waals surface area contributed by atoms with Crippen LogP contribution in [0.15, 0.2) is 67.3 Å². The third kappa shape index (κ3) is 4.36. The summed E-state index contributed by atoms with van der Waals surface area (Å²) in [5.41, 5.74) is 0.496. The maximum atomic E-state index is 12.7. The van der Waals surface area contributed by atoms with Crippen molar-refractivity contribution in [3.05, 3.63) is 77.8 Å². The summed E-state index contributed by atoms with van der Waals surface area (Å²) >= 11 is 6.04. The van der Waals surface area contributed by atoms with Gasteiger partial charge in [-0.3, -0.25) is 4.79 Å². The second-order valence-corrected chi connectivity index (χ2v) is 8.12. The van der Waals surface area contributed by atoms with Gasteiger partial charge in [-0.05, 0) is 30.3 Å². The second kappa shape index (κ2) is 8.92. The van der Waals surface area contributed by atoms with Gasteiger partial charge >= 0.3 is 11.9 Å². The molecule has 0 spiro atoms. The molecule has 2 aromatic carbocycles. The van der Waals surface area contributed by atoms with Gasteiger partial charge in [-0.1, -0.05) is 41.9 Å². The Morgan fingerprint density at radius 2 is 2.03 bits per heavy atom. The lowest BCUT2D eigenvalue weighted by Gasteiger charge is -2.29. The van der Waals surface area contributed by atoms with Crippen LogP contribution in [0.2, 0.25) is 5.02 Å². The van der Waals surface area contributed by atoms with Crippen molar-refractivity contribution in [3.8, 4) is 5.75 Å². The Bertz CT molecular complexity index is 928. The lowest BCUT2D eigenvalue weighted by molar-refractivity contribution is -0.141. The molecule has 2 aliphatic rings. The van der Waals surface area contributed by atoms with Crippen LogP contribution in [-0.4, -0.2) is 30.8 Å². The number of hydrogen-bond acceptors (Lipinski definition) is 5. The highest BCUT2D eigenvalue weighted by Crippen LogP contribution is 2.46. The molecule has 6 heteroatoms. The summed E-state index contributed by atoms with van der Waals surface area (Å²) in [4.78, 5) is 24.5. The van der Waals surface area contributed by atoms with Gasteiger partial charge in [-0.15, -0.1) is 6.58 Å². The molecule has 1 saturated heterocycles. The average Bonchev–Trinajstić information content (AvgIpc) is 3.25. The summed E-state index contributed by atoms with van der Waals surface area (Å²) in [6.45, 7) is 4.31. The zero-order chi connectivity index (χ0) is 21.1. The third-order valence-electron chi connectivity index (χ3n) is 5.85. The van der Waals surface area contributed by atoms with E-state index < -0.39 is 0 Å². The van der Waals surface area contributed by atoms with Crippen LogP contribution in [0.5, 0.6) is 5.75 Å². The molecular formula is C24H23ClO5. The third-order valence-corrected chi connectivity index (χ3v) is 6.09. The summed E-state index contributed by atoms with van der Waals surface area (Å²) in [6.07, 6.45) is 1.98. The topological polar surface area (TPSA) is 61.8 Å². The molecule has 0 aromatic heterocycles. The lowest BCUT2D eigenvalue weighted by Crippen LogP contribution is -2.34. The highest BCUT2D eigenvalue weighted by molar-refractivity contribution is 6.30. The molecule has 4 rings (SSSR count). The van der Waals surface area contributed by atoms with E-state index in [0.29, 0.717) is 35.8 Å². The fourth-order valence-electron chi connectivity index (χ4n) is 4.48. The molecule has 5 nitrogen and oxygen atoms in total. The van der Waals surface area contributed by atoms with Crippen molar-refractivity contribution in [1.29, 1.82) is 0 Å². The van der Waals surface area contributed by atoms with E-state index >= 15 is 0 Å². The highest BCUT2D eigenvalue weighted by Gasteiger charge is 2.53. The first kappa shape index (κ1) is 20.5. The minimum atomic E-state index is -0.383. The van der Waals surface area contributed by atoms with Gasteiger partial charge in [0.1, 0.15) is 18.0 Å². The van der Waals surface area contributed by atoms with Crippen molar-refractivity contribution in [2.75, 3.05) is 6.61 Å². The van der Waals surface area contributed by atoms with Gasteiger partial charge in [0, 0.05) is 29.2 Å². The number of halogens is 1. The molecule has 156 valence electrons. The van der Waals surface area contributed by atoms with Crippen LogP contribution in [0.3, 0.4) is 0 Å². The second-order valence-electron chi connectivity index (χ2n) is 7.69. The maximum Gasteiger partial charge on any atom is 0.338 e. The summed E-state index contributed by atoms with van der Waals surface area (Å²) in [5, 5.41) is 0.591. The Morgan fingerprint density at radius 1 is 1.23 bits per heavy atom. The molecule has 1 saturated carbocycles. The van der Waals surface area contributed by atoms with Crippen LogP contribution in [0, 0.1) is 17.8 Å². The van der Waals surface area contributed by atoms with Crippen molar-refractivity contribution in [1.82, 2.24) is 0 Å². The molecular weight excluding hydrogens is 404 g/mol. The highest BCUT2D eigenvalue weighted by atomic mass is 35.5. The van der Waals surface area contributed by atoms with Gasteiger partial charge in [0.25, 0.3) is 0 Å². The van der Waals surface area contributed by atoms with E-state index in [1.165, 1.54) is 0 Å². The minimum Gasteiger partial charge on any atom is -0.493 e. The van der Waals surface area contributed by atoms with E-state index in [0.717, 1.165) is 0 Å². The fraction of sp³-hybridized carbons (Fsp3) is 0.333. The van der Waals surface area contributed by atoms with E-state index in [9.17, 15) is 9.59 Å². The number of carbonyl (C=O) groups is 2. The first-order valence-electron chi connectivity index (χ1n) is 10.0. The van der Waals surface area contributed by atoms with Crippen molar-refractivity contribution < 1.29 is 23.8 Å². The zero-order valence-electron chi connectivity index (χ0n) is 16.4. The van der Waals surface area contributed by atoms with Crippen LogP contribution in [0.1, 0.15) is 23.2 Å². The molecule has 0 N–H and O–H groups in total. The molecule has 2 aromatic rings. The average molecular weight is 427 g/mol. The Balaban J connectivity index is 1.51. The monoisotopic (exact) mass is 426 g/mol. The van der Waals surface area contributed by atoms with E-state index in [1.807, 2.05) is 24.3 Å². The van der Waals surface area contributed by atoms with Gasteiger partial charge in [0.2, 0.25) is 0 Å². The molecule has 1 aliphatic heterocycles. The van der Waals surface area contributed by atoms with Gasteiger partial charge < -0.3 is 14.2 Å². The predicted molar refractivity (Wildman–Crippen MR) is 112 cm³/mol. The van der Waals surface area contributed by atoms with E-state index in [1.54, 1.807) is 36.4 Å². The fourth-order valence-corrected chi connectivity index (χ4v) is 4.66. The van der Waals surface area contributed by atoms with Crippen molar-refractivity contribution in [2.45, 2.75) is 25.0 Å². The molecule has 30 heavy (non-hydrogen) atoms. The van der Waals surface area contributed by atoms with Gasteiger partial charge in [0.05, 0.1) is 18.6 Å². The molecule has 1 aliphatic carbocycles. The van der Waals surface area contributed by atoms with Crippen molar-refractivity contribution in [3.63, 3.8) is 0 Å². The molecule has 1 heterocycles. The number of hydrogen-bond donors (Lipinski definition) is 0. The number of benzene rings is 2. The van der Waals surface area contributed by atoms with Crippen LogP contribution in [0.4, 0.5) is 0 Å². The summed E-state index contributed by atoms with van der Waals surface area (Å²) in [6, 6.07) is 16.1. The molecule has 5 atom stereocenters. The normalized spacial score (nSPS) is 25.8. The van der Waals surface area contributed by atoms with Crippen LogP contribution >= 0.6 is 11.6 Å². The first-order chi connectivity index (χ1) is 14.5. The SMILES string of the molecule is C=C[C@@H](COc1cccc(Cl)c1)[C@@H]1[C@H]2CC(=O)O[C@H]2C[C@H]1OC(=O)c1ccccc1. The van der Waals surface area contributed by atoms with Crippen molar-refractivity contribution >= 4 is 23.5 Å². The van der Waals surface area contributed by atoms with Gasteiger partial charge in [0.15, 0.2) is 0 Å². The largest absolute Gasteiger partial charge is 0.493 e. The molecule has 2 fully saturated rings. The molecule has 0 bridgehead atoms. The number of rotatable bonds is 7. The van der Waals surface area contributed by atoms with Crippen LogP contribution in [0.25, 0.3) is 0 Å². The van der Waals surface area contributed by atoms with E-state index in [4.69, 9.17) is 25.8 Å². The van der Waals surface area contributed by atoms with Crippen molar-refractivity contribution in [2.24, 2.45) is 17.8 Å². The number of carbonyl (C=O) groups excluding carboxylic acids is 2. The standard InChI is InChI=1S/C24H23ClO5/c1-2-15(14-28-18-10-6-9-17(25)11-18)23-19-12-22(26)29-20(19)13-21(23)30-24(27)16-7-4-3-5-8-16/h2-11,15,19-21,23H,1,12-14H2/t15-,19-,20-,21+,23+/m0/s1. The lowest BCUT2D eigenvalue weighted by atomic mass is 9.81. The predicted octanol–water partition coefficient (Wildman–Crippen LogP) is 4.70. The molecule has 0 amide bonds. The Labute approximate surface area is 180 Å². The first-order valence-corrected chi connectivity index (χ1v) is 10.4. The number of esters is 2.